The normalized spacial score (nSPS) is 14.4. The molecule has 34 heavy (non-hydrogen) atoms. The Morgan fingerprint density at radius 2 is 1.74 bits per heavy atom. The highest BCUT2D eigenvalue weighted by molar-refractivity contribution is 5.94. The molecule has 2 aromatic carbocycles. The second-order valence-corrected chi connectivity index (χ2v) is 9.29. The van der Waals surface area contributed by atoms with E-state index >= 15 is 0 Å². The summed E-state index contributed by atoms with van der Waals surface area (Å²) in [4.78, 5) is 45.6. The molecular formula is C27H32N4O3. The van der Waals surface area contributed by atoms with Crippen LogP contribution in [0.5, 0.6) is 0 Å². The van der Waals surface area contributed by atoms with Gasteiger partial charge >= 0.3 is 0 Å². The molecule has 0 bridgehead atoms. The van der Waals surface area contributed by atoms with Crippen LogP contribution in [-0.4, -0.2) is 27.4 Å². The van der Waals surface area contributed by atoms with E-state index in [-0.39, 0.29) is 36.1 Å². The molecule has 7 nitrogen and oxygen atoms in total. The monoisotopic (exact) mass is 460 g/mol. The van der Waals surface area contributed by atoms with Gasteiger partial charge in [0.15, 0.2) is 0 Å². The number of aromatic nitrogens is 2. The van der Waals surface area contributed by atoms with Gasteiger partial charge in [0.2, 0.25) is 17.6 Å². The lowest BCUT2D eigenvalue weighted by molar-refractivity contribution is -0.117. The predicted molar refractivity (Wildman–Crippen MR) is 135 cm³/mol. The lowest BCUT2D eigenvalue weighted by Gasteiger charge is -2.32. The fourth-order valence-corrected chi connectivity index (χ4v) is 4.86. The molecule has 1 heterocycles. The van der Waals surface area contributed by atoms with Crippen molar-refractivity contribution in [1.29, 1.82) is 0 Å². The van der Waals surface area contributed by atoms with Crippen LogP contribution in [-0.2, 0) is 16.1 Å². The van der Waals surface area contributed by atoms with Gasteiger partial charge < -0.3 is 5.32 Å². The van der Waals surface area contributed by atoms with E-state index in [0.29, 0.717) is 11.0 Å². The average Bonchev–Trinajstić information content (AvgIpc) is 2.82. The first kappa shape index (κ1) is 23.7. The van der Waals surface area contributed by atoms with Gasteiger partial charge in [-0.15, -0.1) is 0 Å². The molecule has 0 atom stereocenters. The fourth-order valence-electron chi connectivity index (χ4n) is 4.86. The standard InChI is InChI=1S/C27H32N4O3/c1-18(2)21-13-7-8-14-22(21)28-25(33)17-30-24-16-10-9-15-23(24)29-26(27(30)34)31(19(3)32)20-11-5-4-6-12-20/h7-10,13-16,18,20H,4-6,11-12,17H2,1-3H3,(H,28,33). The molecule has 1 aliphatic rings. The summed E-state index contributed by atoms with van der Waals surface area (Å²) in [6.07, 6.45) is 4.87. The highest BCUT2D eigenvalue weighted by Gasteiger charge is 2.29. The van der Waals surface area contributed by atoms with Crippen molar-refractivity contribution in [3.05, 3.63) is 64.4 Å². The maximum Gasteiger partial charge on any atom is 0.294 e. The Bertz CT molecular complexity index is 1260. The molecule has 2 amide bonds. The van der Waals surface area contributed by atoms with Gasteiger partial charge in [-0.3, -0.25) is 23.9 Å². The molecule has 3 aromatic rings. The van der Waals surface area contributed by atoms with E-state index in [1.807, 2.05) is 36.4 Å². The summed E-state index contributed by atoms with van der Waals surface area (Å²) in [5.41, 5.74) is 2.49. The van der Waals surface area contributed by atoms with Crippen LogP contribution in [0.4, 0.5) is 11.5 Å². The predicted octanol–water partition coefficient (Wildman–Crippen LogP) is 4.84. The summed E-state index contributed by atoms with van der Waals surface area (Å²) in [5.74, 6) is -0.154. The molecule has 0 saturated heterocycles. The summed E-state index contributed by atoms with van der Waals surface area (Å²) >= 11 is 0. The van der Waals surface area contributed by atoms with Crippen molar-refractivity contribution >= 4 is 34.4 Å². The van der Waals surface area contributed by atoms with Crippen LogP contribution in [0.2, 0.25) is 0 Å². The van der Waals surface area contributed by atoms with E-state index in [4.69, 9.17) is 0 Å². The summed E-state index contributed by atoms with van der Waals surface area (Å²) in [7, 11) is 0. The number of amides is 2. The van der Waals surface area contributed by atoms with Crippen molar-refractivity contribution in [3.8, 4) is 0 Å². The molecule has 1 fully saturated rings. The van der Waals surface area contributed by atoms with E-state index in [1.54, 1.807) is 17.0 Å². The van der Waals surface area contributed by atoms with Gasteiger partial charge in [-0.1, -0.05) is 63.4 Å². The molecule has 0 spiro atoms. The minimum atomic E-state index is -0.424. The van der Waals surface area contributed by atoms with Gasteiger partial charge in [-0.25, -0.2) is 4.98 Å². The third-order valence-corrected chi connectivity index (χ3v) is 6.50. The summed E-state index contributed by atoms with van der Waals surface area (Å²) in [6.45, 7) is 5.45. The van der Waals surface area contributed by atoms with Crippen molar-refractivity contribution in [2.24, 2.45) is 0 Å². The second kappa shape index (κ2) is 10.2. The number of benzene rings is 2. The molecule has 0 aliphatic heterocycles. The zero-order valence-electron chi connectivity index (χ0n) is 20.1. The van der Waals surface area contributed by atoms with Crippen LogP contribution < -0.4 is 15.8 Å². The van der Waals surface area contributed by atoms with Crippen LogP contribution in [0.1, 0.15) is 64.4 Å². The van der Waals surface area contributed by atoms with Crippen molar-refractivity contribution in [1.82, 2.24) is 9.55 Å². The van der Waals surface area contributed by atoms with Crippen molar-refractivity contribution in [2.75, 3.05) is 10.2 Å². The summed E-state index contributed by atoms with van der Waals surface area (Å²) in [6, 6.07) is 14.9. The minimum absolute atomic E-state index is 0.0483. The smallest absolute Gasteiger partial charge is 0.294 e. The molecule has 1 aromatic heterocycles. The number of anilines is 2. The number of carbonyl (C=O) groups is 2. The number of nitrogens with one attached hydrogen (secondary N) is 1. The average molecular weight is 461 g/mol. The van der Waals surface area contributed by atoms with Gasteiger partial charge in [0, 0.05) is 18.7 Å². The van der Waals surface area contributed by atoms with Crippen LogP contribution in [0.25, 0.3) is 11.0 Å². The Morgan fingerprint density at radius 1 is 1.06 bits per heavy atom. The molecule has 1 aliphatic carbocycles. The van der Waals surface area contributed by atoms with Gasteiger partial charge in [-0.05, 0) is 42.5 Å². The molecule has 4 rings (SSSR count). The zero-order valence-corrected chi connectivity index (χ0v) is 20.1. The number of rotatable bonds is 6. The third-order valence-electron chi connectivity index (χ3n) is 6.50. The second-order valence-electron chi connectivity index (χ2n) is 9.29. The first-order chi connectivity index (χ1) is 16.4. The molecule has 178 valence electrons. The molecule has 0 radical (unpaired) electrons. The first-order valence-corrected chi connectivity index (χ1v) is 12.0. The van der Waals surface area contributed by atoms with Gasteiger partial charge in [-0.2, -0.15) is 0 Å². The van der Waals surface area contributed by atoms with Crippen LogP contribution in [0.3, 0.4) is 0 Å². The van der Waals surface area contributed by atoms with Gasteiger partial charge in [0.05, 0.1) is 11.0 Å². The van der Waals surface area contributed by atoms with Crippen molar-refractivity contribution in [2.45, 2.75) is 71.4 Å². The van der Waals surface area contributed by atoms with Gasteiger partial charge in [0.25, 0.3) is 5.56 Å². The molecule has 1 saturated carbocycles. The topological polar surface area (TPSA) is 84.3 Å². The Labute approximate surface area is 199 Å². The summed E-state index contributed by atoms with van der Waals surface area (Å²) in [5, 5.41) is 2.97. The third kappa shape index (κ3) is 4.88. The van der Waals surface area contributed by atoms with Crippen molar-refractivity contribution < 1.29 is 9.59 Å². The molecule has 7 heteroatoms. The Morgan fingerprint density at radius 3 is 2.44 bits per heavy atom. The molecule has 1 N–H and O–H groups in total. The lowest BCUT2D eigenvalue weighted by atomic mass is 9.94. The SMILES string of the molecule is CC(=O)N(c1nc2ccccc2n(CC(=O)Nc2ccccc2C(C)C)c1=O)C1CCCCC1. The van der Waals surface area contributed by atoms with Crippen LogP contribution in [0, 0.1) is 0 Å². The number of para-hydroxylation sites is 3. The fraction of sp³-hybridized carbons (Fsp3) is 0.407. The van der Waals surface area contributed by atoms with E-state index < -0.39 is 5.56 Å². The van der Waals surface area contributed by atoms with E-state index in [9.17, 15) is 14.4 Å². The Hall–Kier alpha value is -3.48. The van der Waals surface area contributed by atoms with E-state index in [1.165, 1.54) is 11.5 Å². The quantitative estimate of drug-likeness (QED) is 0.570. The molecule has 0 unspecified atom stereocenters. The van der Waals surface area contributed by atoms with Gasteiger partial charge in [0.1, 0.15) is 6.54 Å². The lowest BCUT2D eigenvalue weighted by Crippen LogP contribution is -2.45. The van der Waals surface area contributed by atoms with E-state index in [0.717, 1.165) is 43.4 Å². The Balaban J connectivity index is 1.74. The minimum Gasteiger partial charge on any atom is -0.324 e. The molecular weight excluding hydrogens is 428 g/mol. The highest BCUT2D eigenvalue weighted by Crippen LogP contribution is 2.27. The first-order valence-electron chi connectivity index (χ1n) is 12.0. The van der Waals surface area contributed by atoms with Crippen LogP contribution >= 0.6 is 0 Å². The van der Waals surface area contributed by atoms with Crippen LogP contribution in [0.15, 0.2) is 53.3 Å². The zero-order chi connectivity index (χ0) is 24.2. The number of hydrogen-bond donors (Lipinski definition) is 1. The number of carbonyl (C=O) groups excluding carboxylic acids is 2. The highest BCUT2D eigenvalue weighted by atomic mass is 16.2. The largest absolute Gasteiger partial charge is 0.324 e. The number of hydrogen-bond acceptors (Lipinski definition) is 4. The number of fused-ring (bicyclic) bond motifs is 1. The Kier molecular flexibility index (Phi) is 7.10. The maximum atomic E-state index is 13.7. The summed E-state index contributed by atoms with van der Waals surface area (Å²) < 4.78 is 1.43. The van der Waals surface area contributed by atoms with Crippen molar-refractivity contribution in [3.63, 3.8) is 0 Å². The van der Waals surface area contributed by atoms with E-state index in [2.05, 4.69) is 24.1 Å². The maximum absolute atomic E-state index is 13.7. The number of nitrogens with zero attached hydrogens (tertiary/aromatic N) is 3.